The molecule has 0 aromatic carbocycles. The van der Waals surface area contributed by atoms with E-state index < -0.39 is 0 Å². The number of nitrogens with one attached hydrogen (secondary N) is 1. The third-order valence-corrected chi connectivity index (χ3v) is 4.25. The Morgan fingerprint density at radius 2 is 2.04 bits per heavy atom. The second-order valence-electron chi connectivity index (χ2n) is 6.62. The molecule has 0 aliphatic carbocycles. The maximum Gasteiger partial charge on any atom is 0.193 e. The Labute approximate surface area is 163 Å². The molecule has 1 aliphatic heterocycles. The Balaban J connectivity index is 0.00000288. The third kappa shape index (κ3) is 7.38. The number of piperazine rings is 1. The van der Waals surface area contributed by atoms with Gasteiger partial charge in [0.05, 0.1) is 5.69 Å². The summed E-state index contributed by atoms with van der Waals surface area (Å²) in [5, 5.41) is 7.49. The summed E-state index contributed by atoms with van der Waals surface area (Å²) in [4.78, 5) is 9.19. The van der Waals surface area contributed by atoms with Gasteiger partial charge in [-0.05, 0) is 12.3 Å². The van der Waals surface area contributed by atoms with Crippen molar-refractivity contribution in [3.63, 3.8) is 0 Å². The summed E-state index contributed by atoms with van der Waals surface area (Å²) in [6.45, 7) is 10.5. The van der Waals surface area contributed by atoms with Crippen LogP contribution in [-0.2, 0) is 6.54 Å². The van der Waals surface area contributed by atoms with Crippen molar-refractivity contribution >= 4 is 29.9 Å². The van der Waals surface area contributed by atoms with E-state index in [1.165, 1.54) is 19.3 Å². The van der Waals surface area contributed by atoms with Crippen molar-refractivity contribution in [3.8, 4) is 0 Å². The maximum absolute atomic E-state index is 4.90. The Bertz CT molecular complexity index is 456. The Morgan fingerprint density at radius 3 is 2.62 bits per heavy atom. The fraction of sp³-hybridized carbons (Fsp3) is 0.765. The van der Waals surface area contributed by atoms with Crippen molar-refractivity contribution < 1.29 is 4.52 Å². The highest BCUT2D eigenvalue weighted by molar-refractivity contribution is 14.0. The van der Waals surface area contributed by atoms with Crippen molar-refractivity contribution in [3.05, 3.63) is 18.0 Å². The number of rotatable bonds is 7. The smallest absolute Gasteiger partial charge is 0.193 e. The van der Waals surface area contributed by atoms with Gasteiger partial charge in [0, 0.05) is 52.4 Å². The van der Waals surface area contributed by atoms with Gasteiger partial charge in [-0.3, -0.25) is 9.89 Å². The van der Waals surface area contributed by atoms with Gasteiger partial charge in [-0.25, -0.2) is 0 Å². The van der Waals surface area contributed by atoms with E-state index in [1.54, 1.807) is 6.26 Å². The Kier molecular flexibility index (Phi) is 10.3. The first-order valence-electron chi connectivity index (χ1n) is 8.76. The number of hydrogen-bond donors (Lipinski definition) is 1. The minimum Gasteiger partial charge on any atom is -0.364 e. The molecule has 1 fully saturated rings. The van der Waals surface area contributed by atoms with Crippen molar-refractivity contribution in [2.45, 2.75) is 39.7 Å². The first kappa shape index (κ1) is 21.2. The number of guanidine groups is 1. The van der Waals surface area contributed by atoms with Crippen LogP contribution in [0, 0.1) is 5.92 Å². The lowest BCUT2D eigenvalue weighted by atomic mass is 10.1. The third-order valence-electron chi connectivity index (χ3n) is 4.25. The lowest BCUT2D eigenvalue weighted by molar-refractivity contribution is 0.169. The van der Waals surface area contributed by atoms with E-state index in [0.29, 0.717) is 0 Å². The molecule has 0 amide bonds. The molecule has 0 atom stereocenters. The lowest BCUT2D eigenvalue weighted by Gasteiger charge is -2.36. The number of unbranched alkanes of at least 4 members (excludes halogenated alkanes) is 1. The highest BCUT2D eigenvalue weighted by Gasteiger charge is 2.19. The molecule has 1 N–H and O–H groups in total. The standard InChI is InChI=1S/C17H31N5O.HI/c1-15(2)6-4-5-8-19-17(18-3)22-11-9-21(10-12-22)14-16-7-13-23-20-16;/h7,13,15H,4-6,8-12,14H2,1-3H3,(H,18,19);1H. The molecule has 7 heteroatoms. The van der Waals surface area contributed by atoms with Gasteiger partial charge in [0.25, 0.3) is 0 Å². The Hall–Kier alpha value is -0.830. The summed E-state index contributed by atoms with van der Waals surface area (Å²) in [7, 11) is 1.87. The van der Waals surface area contributed by atoms with Gasteiger partial charge in [0.1, 0.15) is 6.26 Å². The minimum atomic E-state index is 0. The van der Waals surface area contributed by atoms with E-state index in [2.05, 4.69) is 39.1 Å². The van der Waals surface area contributed by atoms with Crippen LogP contribution < -0.4 is 5.32 Å². The lowest BCUT2D eigenvalue weighted by Crippen LogP contribution is -2.52. The maximum atomic E-state index is 4.90. The second-order valence-corrected chi connectivity index (χ2v) is 6.62. The zero-order chi connectivity index (χ0) is 16.5. The predicted octanol–water partition coefficient (Wildman–Crippen LogP) is 2.81. The van der Waals surface area contributed by atoms with Gasteiger partial charge in [0.2, 0.25) is 0 Å². The van der Waals surface area contributed by atoms with Crippen LogP contribution in [0.2, 0.25) is 0 Å². The molecule has 0 unspecified atom stereocenters. The van der Waals surface area contributed by atoms with Gasteiger partial charge in [0.15, 0.2) is 5.96 Å². The molecular formula is C17H32IN5O. The van der Waals surface area contributed by atoms with Crippen molar-refractivity contribution in [2.24, 2.45) is 10.9 Å². The van der Waals surface area contributed by atoms with E-state index in [4.69, 9.17) is 4.52 Å². The van der Waals surface area contributed by atoms with Crippen LogP contribution in [-0.4, -0.2) is 60.7 Å². The van der Waals surface area contributed by atoms with Crippen LogP contribution in [0.25, 0.3) is 0 Å². The van der Waals surface area contributed by atoms with Crippen molar-refractivity contribution in [2.75, 3.05) is 39.8 Å². The van der Waals surface area contributed by atoms with Gasteiger partial charge in [-0.1, -0.05) is 31.8 Å². The van der Waals surface area contributed by atoms with E-state index in [9.17, 15) is 0 Å². The van der Waals surface area contributed by atoms with Gasteiger partial charge in [-0.15, -0.1) is 24.0 Å². The number of hydrogen-bond acceptors (Lipinski definition) is 4. The topological polar surface area (TPSA) is 56.9 Å². The zero-order valence-electron chi connectivity index (χ0n) is 15.2. The number of aliphatic imine (C=N–C) groups is 1. The average molecular weight is 449 g/mol. The van der Waals surface area contributed by atoms with Gasteiger partial charge in [-0.2, -0.15) is 0 Å². The van der Waals surface area contributed by atoms with Crippen LogP contribution in [0.1, 0.15) is 38.8 Å². The summed E-state index contributed by atoms with van der Waals surface area (Å²) >= 11 is 0. The molecule has 0 spiro atoms. The van der Waals surface area contributed by atoms with Gasteiger partial charge >= 0.3 is 0 Å². The molecular weight excluding hydrogens is 417 g/mol. The number of halogens is 1. The Morgan fingerprint density at radius 1 is 1.29 bits per heavy atom. The van der Waals surface area contributed by atoms with E-state index in [0.717, 1.165) is 56.8 Å². The van der Waals surface area contributed by atoms with E-state index in [-0.39, 0.29) is 24.0 Å². The molecule has 24 heavy (non-hydrogen) atoms. The molecule has 1 aromatic heterocycles. The van der Waals surface area contributed by atoms with Crippen LogP contribution in [0.15, 0.2) is 21.8 Å². The van der Waals surface area contributed by atoms with Crippen molar-refractivity contribution in [1.82, 2.24) is 20.3 Å². The van der Waals surface area contributed by atoms with Crippen molar-refractivity contribution in [1.29, 1.82) is 0 Å². The molecule has 0 bridgehead atoms. The molecule has 0 saturated carbocycles. The summed E-state index contributed by atoms with van der Waals surface area (Å²) in [5.41, 5.74) is 1.01. The summed E-state index contributed by atoms with van der Waals surface area (Å²) in [5.74, 6) is 1.84. The van der Waals surface area contributed by atoms with Crippen LogP contribution in [0.3, 0.4) is 0 Å². The van der Waals surface area contributed by atoms with Gasteiger partial charge < -0.3 is 14.7 Å². The minimum absolute atomic E-state index is 0. The molecule has 138 valence electrons. The first-order chi connectivity index (χ1) is 11.2. The largest absolute Gasteiger partial charge is 0.364 e. The highest BCUT2D eigenvalue weighted by Crippen LogP contribution is 2.08. The van der Waals surface area contributed by atoms with E-state index >= 15 is 0 Å². The fourth-order valence-electron chi connectivity index (χ4n) is 2.88. The first-order valence-corrected chi connectivity index (χ1v) is 8.76. The zero-order valence-corrected chi connectivity index (χ0v) is 17.5. The normalized spacial score (nSPS) is 16.3. The molecule has 2 heterocycles. The molecule has 1 aromatic rings. The SMILES string of the molecule is CN=C(NCCCCC(C)C)N1CCN(Cc2ccon2)CC1.I. The average Bonchev–Trinajstić information content (AvgIpc) is 3.05. The van der Waals surface area contributed by atoms with E-state index in [1.807, 2.05) is 13.1 Å². The summed E-state index contributed by atoms with van der Waals surface area (Å²) in [6, 6.07) is 1.93. The van der Waals surface area contributed by atoms with Crippen LogP contribution in [0.5, 0.6) is 0 Å². The molecule has 1 aliphatic rings. The summed E-state index contributed by atoms with van der Waals surface area (Å²) in [6.07, 6.45) is 5.44. The second kappa shape index (κ2) is 11.7. The number of aromatic nitrogens is 1. The van der Waals surface area contributed by atoms with Crippen LogP contribution >= 0.6 is 24.0 Å². The fourth-order valence-corrected chi connectivity index (χ4v) is 2.88. The summed E-state index contributed by atoms with van der Waals surface area (Å²) < 4.78 is 4.90. The van der Waals surface area contributed by atoms with Crippen LogP contribution in [0.4, 0.5) is 0 Å². The quantitative estimate of drug-likeness (QED) is 0.300. The molecule has 0 radical (unpaired) electrons. The number of nitrogens with zero attached hydrogens (tertiary/aromatic N) is 4. The highest BCUT2D eigenvalue weighted by atomic mass is 127. The molecule has 1 saturated heterocycles. The predicted molar refractivity (Wildman–Crippen MR) is 109 cm³/mol. The molecule has 6 nitrogen and oxygen atoms in total. The monoisotopic (exact) mass is 449 g/mol. The molecule has 2 rings (SSSR count).